The minimum absolute atomic E-state index is 0.00206. The Balaban J connectivity index is 2.18. The standard InChI is InChI=1S/C31H60N4O5Si3/c1-29(2,3)41(10,11)38-19-22-18-23(35-21-32-24-27(35)33-20-34(16-17-36)28(24)37)26(40-43(14,15)31(7,8)9)25(22)39-42(12,13)30(4,5)6/h20-23,25-26,36H,16-19H2,1-15H3/t22-,23-,25-,26+/m1/s1. The van der Waals surface area contributed by atoms with Crippen LogP contribution in [-0.2, 0) is 19.8 Å². The van der Waals surface area contributed by atoms with E-state index < -0.39 is 25.0 Å². The second-order valence-corrected chi connectivity index (χ2v) is 31.4. The highest BCUT2D eigenvalue weighted by molar-refractivity contribution is 6.75. The lowest BCUT2D eigenvalue weighted by Crippen LogP contribution is -2.53. The van der Waals surface area contributed by atoms with Crippen molar-refractivity contribution in [1.29, 1.82) is 0 Å². The molecule has 0 aromatic carbocycles. The summed E-state index contributed by atoms with van der Waals surface area (Å²) in [7, 11) is -6.48. The van der Waals surface area contributed by atoms with Gasteiger partial charge in [0.2, 0.25) is 0 Å². The van der Waals surface area contributed by atoms with Crippen molar-refractivity contribution in [3.05, 3.63) is 23.0 Å². The molecule has 12 heteroatoms. The molecule has 0 unspecified atom stereocenters. The Kier molecular flexibility index (Phi) is 10.3. The number of aliphatic hydroxyl groups is 1. The predicted molar refractivity (Wildman–Crippen MR) is 183 cm³/mol. The second kappa shape index (κ2) is 12.2. The normalized spacial score (nSPS) is 23.0. The third kappa shape index (κ3) is 7.47. The molecule has 3 rings (SSSR count). The van der Waals surface area contributed by atoms with E-state index in [1.54, 1.807) is 6.33 Å². The summed E-state index contributed by atoms with van der Waals surface area (Å²) in [5.41, 5.74) is 0.611. The first-order valence-corrected chi connectivity index (χ1v) is 24.6. The molecular formula is C31H60N4O5Si3. The first kappa shape index (κ1) is 36.3. The highest BCUT2D eigenvalue weighted by Gasteiger charge is 2.54. The molecule has 0 spiro atoms. The van der Waals surface area contributed by atoms with Gasteiger partial charge < -0.3 is 23.0 Å². The largest absolute Gasteiger partial charge is 0.416 e. The van der Waals surface area contributed by atoms with Crippen LogP contribution < -0.4 is 5.56 Å². The summed E-state index contributed by atoms with van der Waals surface area (Å²) in [4.78, 5) is 22.4. The van der Waals surface area contributed by atoms with Gasteiger partial charge in [-0.05, 0) is 60.8 Å². The van der Waals surface area contributed by atoms with Crippen LogP contribution in [0.15, 0.2) is 17.4 Å². The monoisotopic (exact) mass is 652 g/mol. The van der Waals surface area contributed by atoms with Crippen LogP contribution >= 0.6 is 0 Å². The number of hydrogen-bond donors (Lipinski definition) is 1. The van der Waals surface area contributed by atoms with Crippen LogP contribution in [0.3, 0.4) is 0 Å². The van der Waals surface area contributed by atoms with Crippen LogP contribution in [-0.4, -0.2) is 74.6 Å². The molecule has 0 aliphatic heterocycles. The number of aromatic nitrogens is 4. The molecule has 43 heavy (non-hydrogen) atoms. The van der Waals surface area contributed by atoms with Crippen LogP contribution in [0.2, 0.25) is 54.4 Å². The van der Waals surface area contributed by atoms with Crippen molar-refractivity contribution in [1.82, 2.24) is 19.1 Å². The zero-order valence-corrected chi connectivity index (χ0v) is 32.7. The van der Waals surface area contributed by atoms with E-state index in [4.69, 9.17) is 13.3 Å². The summed E-state index contributed by atoms with van der Waals surface area (Å²) in [6.45, 7) is 34.9. The van der Waals surface area contributed by atoms with E-state index in [1.807, 2.05) is 4.57 Å². The molecular weight excluding hydrogens is 593 g/mol. The Morgan fingerprint density at radius 1 is 0.814 bits per heavy atom. The molecule has 0 radical (unpaired) electrons. The average Bonchev–Trinajstić information content (AvgIpc) is 3.39. The van der Waals surface area contributed by atoms with E-state index in [-0.39, 0.29) is 58.0 Å². The first-order valence-electron chi connectivity index (χ1n) is 15.9. The summed E-state index contributed by atoms with van der Waals surface area (Å²) in [6.07, 6.45) is 3.62. The smallest absolute Gasteiger partial charge is 0.281 e. The summed E-state index contributed by atoms with van der Waals surface area (Å²) in [5.74, 6) is 0.107. The quantitative estimate of drug-likeness (QED) is 0.277. The SMILES string of the molecule is CC(C)(C)[Si](C)(C)OC[C@H]1C[C@@H](n2cnc3c(=O)n(CCO)cnc32)[C@H](O[Si](C)(C)C(C)(C)C)[C@@H]1O[Si](C)(C)C(C)(C)C. The van der Waals surface area contributed by atoms with Crippen molar-refractivity contribution >= 4 is 36.1 Å². The first-order chi connectivity index (χ1) is 19.3. The van der Waals surface area contributed by atoms with Gasteiger partial charge in [-0.15, -0.1) is 0 Å². The molecule has 1 aliphatic rings. The lowest BCUT2D eigenvalue weighted by atomic mass is 10.1. The summed E-state index contributed by atoms with van der Waals surface area (Å²) in [5, 5.41) is 9.55. The van der Waals surface area contributed by atoms with Crippen LogP contribution in [0.4, 0.5) is 0 Å². The molecule has 0 saturated heterocycles. The maximum Gasteiger partial charge on any atom is 0.281 e. The minimum atomic E-state index is -2.25. The fourth-order valence-corrected chi connectivity index (χ4v) is 8.58. The van der Waals surface area contributed by atoms with E-state index >= 15 is 0 Å². The molecule has 2 aromatic rings. The highest BCUT2D eigenvalue weighted by Crippen LogP contribution is 2.49. The third-order valence-electron chi connectivity index (χ3n) is 10.9. The van der Waals surface area contributed by atoms with Gasteiger partial charge in [-0.2, -0.15) is 0 Å². The van der Waals surface area contributed by atoms with Crippen molar-refractivity contribution in [2.45, 2.75) is 148 Å². The van der Waals surface area contributed by atoms with Crippen LogP contribution in [0.5, 0.6) is 0 Å². The summed E-state index contributed by atoms with van der Waals surface area (Å²) >= 11 is 0. The topological polar surface area (TPSA) is 101 Å². The maximum absolute atomic E-state index is 13.2. The molecule has 4 atom stereocenters. The molecule has 1 fully saturated rings. The van der Waals surface area contributed by atoms with Gasteiger partial charge in [0.1, 0.15) is 6.33 Å². The van der Waals surface area contributed by atoms with Crippen LogP contribution in [0, 0.1) is 5.92 Å². The minimum Gasteiger partial charge on any atom is -0.416 e. The van der Waals surface area contributed by atoms with Gasteiger partial charge in [-0.1, -0.05) is 62.3 Å². The van der Waals surface area contributed by atoms with Gasteiger partial charge >= 0.3 is 0 Å². The number of rotatable bonds is 10. The molecule has 1 aliphatic carbocycles. The number of imidazole rings is 1. The van der Waals surface area contributed by atoms with Crippen molar-refractivity contribution in [3.8, 4) is 0 Å². The van der Waals surface area contributed by atoms with Gasteiger partial charge in [0, 0.05) is 12.5 Å². The van der Waals surface area contributed by atoms with E-state index in [2.05, 4.69) is 112 Å². The van der Waals surface area contributed by atoms with E-state index in [9.17, 15) is 9.90 Å². The molecule has 9 nitrogen and oxygen atoms in total. The number of hydrogen-bond acceptors (Lipinski definition) is 7. The highest BCUT2D eigenvalue weighted by atomic mass is 28.4. The lowest BCUT2D eigenvalue weighted by molar-refractivity contribution is 0.0121. The maximum atomic E-state index is 13.2. The van der Waals surface area contributed by atoms with Gasteiger partial charge in [0.05, 0.1) is 37.7 Å². The Hall–Kier alpha value is -1.16. The Labute approximate surface area is 263 Å². The number of aliphatic hydroxyl groups excluding tert-OH is 1. The average molecular weight is 653 g/mol. The fraction of sp³-hybridized carbons (Fsp3) is 0.839. The van der Waals surface area contributed by atoms with Crippen molar-refractivity contribution in [2.24, 2.45) is 5.92 Å². The van der Waals surface area contributed by atoms with Crippen molar-refractivity contribution in [2.75, 3.05) is 13.2 Å². The third-order valence-corrected chi connectivity index (χ3v) is 24.3. The molecule has 2 aromatic heterocycles. The van der Waals surface area contributed by atoms with Crippen molar-refractivity contribution < 1.29 is 18.4 Å². The second-order valence-electron chi connectivity index (χ2n) is 17.1. The zero-order valence-electron chi connectivity index (χ0n) is 29.7. The summed E-state index contributed by atoms with van der Waals surface area (Å²) in [6, 6.07) is -0.123. The molecule has 2 heterocycles. The fourth-order valence-electron chi connectivity index (χ4n) is 4.83. The Morgan fingerprint density at radius 3 is 1.81 bits per heavy atom. The zero-order chi connectivity index (χ0) is 33.0. The predicted octanol–water partition coefficient (Wildman–Crippen LogP) is 6.95. The van der Waals surface area contributed by atoms with E-state index in [1.165, 1.54) is 10.9 Å². The van der Waals surface area contributed by atoms with Gasteiger partial charge in [-0.25, -0.2) is 9.97 Å². The molecule has 0 amide bonds. The molecule has 1 saturated carbocycles. The van der Waals surface area contributed by atoms with Crippen LogP contribution in [0.1, 0.15) is 74.8 Å². The van der Waals surface area contributed by atoms with Gasteiger partial charge in [0.25, 0.3) is 5.56 Å². The van der Waals surface area contributed by atoms with Crippen LogP contribution in [0.25, 0.3) is 11.2 Å². The molecule has 0 bridgehead atoms. The van der Waals surface area contributed by atoms with E-state index in [0.29, 0.717) is 17.8 Å². The van der Waals surface area contributed by atoms with E-state index in [0.717, 1.165) is 6.42 Å². The van der Waals surface area contributed by atoms with Gasteiger partial charge in [0.15, 0.2) is 36.1 Å². The molecule has 1 N–H and O–H groups in total. The van der Waals surface area contributed by atoms with Crippen molar-refractivity contribution in [3.63, 3.8) is 0 Å². The summed E-state index contributed by atoms with van der Waals surface area (Å²) < 4.78 is 25.0. The van der Waals surface area contributed by atoms with Gasteiger partial charge in [-0.3, -0.25) is 9.36 Å². The number of fused-ring (bicyclic) bond motifs is 1. The molecule has 246 valence electrons. The lowest BCUT2D eigenvalue weighted by Gasteiger charge is -2.45. The Morgan fingerprint density at radius 2 is 1.33 bits per heavy atom. The Bertz CT molecular complexity index is 1320. The number of nitrogens with zero attached hydrogens (tertiary/aromatic N) is 4.